The van der Waals surface area contributed by atoms with Gasteiger partial charge in [0.1, 0.15) is 0 Å². The van der Waals surface area contributed by atoms with Gasteiger partial charge >= 0.3 is 0 Å². The third-order valence-corrected chi connectivity index (χ3v) is 7.49. The molecule has 0 aromatic heterocycles. The van der Waals surface area contributed by atoms with Crippen LogP contribution in [-0.2, 0) is 10.8 Å². The van der Waals surface area contributed by atoms with E-state index >= 15 is 0 Å². The summed E-state index contributed by atoms with van der Waals surface area (Å²) >= 11 is 0. The smallest absolute Gasteiger partial charge is 0.0509 e. The van der Waals surface area contributed by atoms with E-state index in [1.54, 1.807) is 0 Å². The van der Waals surface area contributed by atoms with Crippen molar-refractivity contribution in [1.82, 2.24) is 5.32 Å². The van der Waals surface area contributed by atoms with Crippen LogP contribution in [0.5, 0.6) is 0 Å². The van der Waals surface area contributed by atoms with Crippen LogP contribution in [0.25, 0.3) is 0 Å². The summed E-state index contributed by atoms with van der Waals surface area (Å²) in [6.45, 7) is 10.2. The second-order valence-electron chi connectivity index (χ2n) is 7.83. The monoisotopic (exact) mass is 299 g/mol. The van der Waals surface area contributed by atoms with E-state index in [4.69, 9.17) is 0 Å². The van der Waals surface area contributed by atoms with E-state index < -0.39 is 10.8 Å². The summed E-state index contributed by atoms with van der Waals surface area (Å²) in [4.78, 5) is 0. The Labute approximate surface area is 127 Å². The molecular weight excluding hydrogens is 266 g/mol. The maximum Gasteiger partial charge on any atom is 0.0509 e. The van der Waals surface area contributed by atoms with Gasteiger partial charge in [-0.1, -0.05) is 40.5 Å². The molecule has 1 N–H and O–H groups in total. The summed E-state index contributed by atoms with van der Waals surface area (Å²) in [5.41, 5.74) is 0.368. The highest BCUT2D eigenvalue weighted by Gasteiger charge is 2.40. The molecule has 2 nitrogen and oxygen atoms in total. The van der Waals surface area contributed by atoms with Gasteiger partial charge in [-0.2, -0.15) is 0 Å². The van der Waals surface area contributed by atoms with Crippen LogP contribution >= 0.6 is 0 Å². The largest absolute Gasteiger partial charge is 0.313 e. The molecule has 5 atom stereocenters. The summed E-state index contributed by atoms with van der Waals surface area (Å²) in [5, 5.41) is 4.44. The Morgan fingerprint density at radius 3 is 2.65 bits per heavy atom. The first-order valence-corrected chi connectivity index (χ1v) is 9.83. The molecule has 0 saturated heterocycles. The molecule has 2 aliphatic rings. The van der Waals surface area contributed by atoms with Crippen LogP contribution in [-0.4, -0.2) is 27.3 Å². The molecule has 20 heavy (non-hydrogen) atoms. The second-order valence-corrected chi connectivity index (χ2v) is 9.76. The minimum atomic E-state index is -0.654. The fourth-order valence-electron chi connectivity index (χ4n) is 4.10. The zero-order valence-electron chi connectivity index (χ0n) is 13.8. The van der Waals surface area contributed by atoms with Crippen LogP contribution in [0, 0.1) is 11.3 Å². The minimum Gasteiger partial charge on any atom is -0.313 e. The van der Waals surface area contributed by atoms with Crippen molar-refractivity contribution in [2.75, 3.05) is 6.54 Å². The van der Waals surface area contributed by atoms with Gasteiger partial charge in [0.25, 0.3) is 0 Å². The Balaban J connectivity index is 2.06. The third kappa shape index (κ3) is 4.07. The Morgan fingerprint density at radius 2 is 2.00 bits per heavy atom. The lowest BCUT2D eigenvalue weighted by Crippen LogP contribution is -2.50. The molecule has 118 valence electrons. The SMILES string of the molecule is CCNC1CCC(C)(C)CC1S(=O)C1CCCC(C)C1. The second kappa shape index (κ2) is 6.91. The topological polar surface area (TPSA) is 29.1 Å². The predicted molar refractivity (Wildman–Crippen MR) is 88.4 cm³/mol. The summed E-state index contributed by atoms with van der Waals surface area (Å²) in [5.74, 6) is 0.770. The molecule has 0 spiro atoms. The summed E-state index contributed by atoms with van der Waals surface area (Å²) in [7, 11) is -0.654. The lowest BCUT2D eigenvalue weighted by Gasteiger charge is -2.42. The summed E-state index contributed by atoms with van der Waals surface area (Å²) in [6, 6.07) is 0.478. The van der Waals surface area contributed by atoms with E-state index in [0.29, 0.717) is 22.0 Å². The van der Waals surface area contributed by atoms with Crippen molar-refractivity contribution < 1.29 is 4.21 Å². The van der Waals surface area contributed by atoms with Crippen molar-refractivity contribution in [1.29, 1.82) is 0 Å². The molecule has 2 fully saturated rings. The quantitative estimate of drug-likeness (QED) is 0.854. The van der Waals surface area contributed by atoms with Crippen molar-refractivity contribution in [3.8, 4) is 0 Å². The van der Waals surface area contributed by atoms with Gasteiger partial charge in [0.05, 0.1) is 5.25 Å². The van der Waals surface area contributed by atoms with Crippen molar-refractivity contribution in [3.63, 3.8) is 0 Å². The number of hydrogen-bond acceptors (Lipinski definition) is 2. The average molecular weight is 300 g/mol. The predicted octanol–water partition coefficient (Wildman–Crippen LogP) is 3.87. The first kappa shape index (κ1) is 16.5. The van der Waals surface area contributed by atoms with Crippen LogP contribution < -0.4 is 5.32 Å². The lowest BCUT2D eigenvalue weighted by atomic mass is 9.75. The molecule has 5 unspecified atom stereocenters. The van der Waals surface area contributed by atoms with Gasteiger partial charge in [-0.3, -0.25) is 4.21 Å². The summed E-state index contributed by atoms with van der Waals surface area (Å²) in [6.07, 6.45) is 8.57. The molecule has 0 amide bonds. The van der Waals surface area contributed by atoms with E-state index in [0.717, 1.165) is 18.9 Å². The van der Waals surface area contributed by atoms with E-state index in [1.165, 1.54) is 38.5 Å². The highest BCUT2D eigenvalue weighted by molar-refractivity contribution is 7.86. The third-order valence-electron chi connectivity index (χ3n) is 5.32. The number of hydrogen-bond donors (Lipinski definition) is 1. The van der Waals surface area contributed by atoms with Crippen LogP contribution in [0.3, 0.4) is 0 Å². The standard InChI is InChI=1S/C17H33NOS/c1-5-18-15-9-10-17(3,4)12-16(15)20(19)14-8-6-7-13(2)11-14/h13-16,18H,5-12H2,1-4H3. The fourth-order valence-corrected chi connectivity index (χ4v) is 6.68. The molecule has 0 radical (unpaired) electrons. The first-order valence-electron chi connectivity index (χ1n) is 8.55. The molecule has 0 bridgehead atoms. The molecule has 0 aliphatic heterocycles. The molecule has 3 heteroatoms. The molecular formula is C17H33NOS. The van der Waals surface area contributed by atoms with E-state index in [-0.39, 0.29) is 0 Å². The molecule has 2 saturated carbocycles. The van der Waals surface area contributed by atoms with Gasteiger partial charge < -0.3 is 5.32 Å². The molecule has 0 aromatic rings. The van der Waals surface area contributed by atoms with Crippen LogP contribution in [0.15, 0.2) is 0 Å². The Kier molecular flexibility index (Phi) is 5.70. The fraction of sp³-hybridized carbons (Fsp3) is 1.00. The van der Waals surface area contributed by atoms with E-state index in [9.17, 15) is 4.21 Å². The van der Waals surface area contributed by atoms with Crippen molar-refractivity contribution in [3.05, 3.63) is 0 Å². The number of nitrogens with one attached hydrogen (secondary N) is 1. The molecule has 0 aromatic carbocycles. The van der Waals surface area contributed by atoms with E-state index in [2.05, 4.69) is 33.0 Å². The first-order chi connectivity index (χ1) is 9.43. The molecule has 2 aliphatic carbocycles. The molecule has 2 rings (SSSR count). The van der Waals surface area contributed by atoms with Gasteiger partial charge in [0, 0.05) is 22.1 Å². The highest BCUT2D eigenvalue weighted by Crippen LogP contribution is 2.40. The van der Waals surface area contributed by atoms with Crippen LogP contribution in [0.2, 0.25) is 0 Å². The highest BCUT2D eigenvalue weighted by atomic mass is 32.2. The lowest BCUT2D eigenvalue weighted by molar-refractivity contribution is 0.212. The maximum absolute atomic E-state index is 13.1. The van der Waals surface area contributed by atoms with Crippen molar-refractivity contribution in [2.24, 2.45) is 11.3 Å². The Morgan fingerprint density at radius 1 is 1.25 bits per heavy atom. The molecule has 0 heterocycles. The van der Waals surface area contributed by atoms with Crippen molar-refractivity contribution in [2.45, 2.75) is 89.2 Å². The zero-order valence-corrected chi connectivity index (χ0v) is 14.6. The van der Waals surface area contributed by atoms with Gasteiger partial charge in [0.2, 0.25) is 0 Å². The van der Waals surface area contributed by atoms with Crippen molar-refractivity contribution >= 4 is 10.8 Å². The Bertz CT molecular complexity index is 342. The average Bonchev–Trinajstić information content (AvgIpc) is 2.40. The summed E-state index contributed by atoms with van der Waals surface area (Å²) < 4.78 is 13.1. The normalized spacial score (nSPS) is 39.4. The zero-order chi connectivity index (χ0) is 14.8. The van der Waals surface area contributed by atoms with Gasteiger partial charge in [0.15, 0.2) is 0 Å². The minimum absolute atomic E-state index is 0.368. The Hall–Kier alpha value is 0.110. The van der Waals surface area contributed by atoms with Crippen LogP contribution in [0.4, 0.5) is 0 Å². The number of rotatable bonds is 4. The van der Waals surface area contributed by atoms with Gasteiger partial charge in [-0.25, -0.2) is 0 Å². The maximum atomic E-state index is 13.1. The van der Waals surface area contributed by atoms with Gasteiger partial charge in [-0.05, 0) is 50.0 Å². The van der Waals surface area contributed by atoms with Crippen LogP contribution in [0.1, 0.15) is 72.6 Å². The van der Waals surface area contributed by atoms with Gasteiger partial charge in [-0.15, -0.1) is 0 Å². The van der Waals surface area contributed by atoms with E-state index in [1.807, 2.05) is 0 Å².